The van der Waals surface area contributed by atoms with E-state index in [0.29, 0.717) is 5.56 Å². The maximum atomic E-state index is 12.6. The molecule has 0 radical (unpaired) electrons. The molecule has 0 saturated carbocycles. The first-order chi connectivity index (χ1) is 9.18. The highest BCUT2D eigenvalue weighted by Gasteiger charge is 2.22. The third-order valence-corrected chi connectivity index (χ3v) is 3.60. The molecule has 1 heterocycles. The fraction of sp³-hybridized carbons (Fsp3) is 0.625. The first-order valence-electron chi connectivity index (χ1n) is 7.15. The van der Waals surface area contributed by atoms with Crippen molar-refractivity contribution in [2.24, 2.45) is 0 Å². The normalized spacial score (nSPS) is 13.2. The summed E-state index contributed by atoms with van der Waals surface area (Å²) in [5, 5.41) is 8.77. The number of aryl methyl sites for hydroxylation is 1. The molecule has 0 saturated heterocycles. The average Bonchev–Trinajstić information content (AvgIpc) is 2.34. The molecule has 4 nitrogen and oxygen atoms in total. The van der Waals surface area contributed by atoms with Crippen molar-refractivity contribution in [2.45, 2.75) is 65.3 Å². The van der Waals surface area contributed by atoms with Crippen LogP contribution in [-0.2, 0) is 16.6 Å². The molecule has 1 atom stereocenters. The number of carboxylic acid groups (broad SMARTS) is 1. The predicted molar refractivity (Wildman–Crippen MR) is 80.4 cm³/mol. The molecular weight excluding hydrogens is 254 g/mol. The molecule has 20 heavy (non-hydrogen) atoms. The predicted octanol–water partition coefficient (Wildman–Crippen LogP) is 3.13. The monoisotopic (exact) mass is 279 g/mol. The van der Waals surface area contributed by atoms with Crippen molar-refractivity contribution in [3.63, 3.8) is 0 Å². The molecule has 1 unspecified atom stereocenters. The van der Waals surface area contributed by atoms with Gasteiger partial charge >= 0.3 is 5.97 Å². The Labute approximate surface area is 120 Å². The highest BCUT2D eigenvalue weighted by Crippen LogP contribution is 2.24. The number of rotatable bonds is 5. The molecule has 0 aromatic carbocycles. The Bertz CT molecular complexity index is 538. The summed E-state index contributed by atoms with van der Waals surface area (Å²) >= 11 is 0. The van der Waals surface area contributed by atoms with Gasteiger partial charge in [-0.1, -0.05) is 33.8 Å². The summed E-state index contributed by atoms with van der Waals surface area (Å²) in [6.07, 6.45) is 1.14. The lowest BCUT2D eigenvalue weighted by Crippen LogP contribution is -2.33. The van der Waals surface area contributed by atoms with E-state index in [-0.39, 0.29) is 29.9 Å². The van der Waals surface area contributed by atoms with Gasteiger partial charge in [0.15, 0.2) is 0 Å². The first kappa shape index (κ1) is 16.5. The zero-order valence-electron chi connectivity index (χ0n) is 13.1. The lowest BCUT2D eigenvalue weighted by Gasteiger charge is -2.28. The molecule has 0 spiro atoms. The van der Waals surface area contributed by atoms with E-state index in [2.05, 4.69) is 20.8 Å². The van der Waals surface area contributed by atoms with Crippen molar-refractivity contribution in [2.75, 3.05) is 0 Å². The zero-order valence-corrected chi connectivity index (χ0v) is 13.1. The molecule has 1 N–H and O–H groups in total. The Balaban J connectivity index is 3.36. The van der Waals surface area contributed by atoms with Crippen LogP contribution in [-0.4, -0.2) is 15.6 Å². The van der Waals surface area contributed by atoms with Gasteiger partial charge in [0.05, 0.1) is 0 Å². The van der Waals surface area contributed by atoms with Crippen LogP contribution in [0.2, 0.25) is 0 Å². The summed E-state index contributed by atoms with van der Waals surface area (Å²) in [7, 11) is 0. The van der Waals surface area contributed by atoms with Crippen molar-refractivity contribution in [3.05, 3.63) is 33.7 Å². The van der Waals surface area contributed by atoms with Crippen LogP contribution in [0, 0.1) is 0 Å². The molecule has 1 rings (SSSR count). The minimum Gasteiger partial charge on any atom is -0.481 e. The quantitative estimate of drug-likeness (QED) is 0.900. The maximum Gasteiger partial charge on any atom is 0.303 e. The topological polar surface area (TPSA) is 59.3 Å². The van der Waals surface area contributed by atoms with Crippen molar-refractivity contribution in [3.8, 4) is 0 Å². The number of aliphatic carboxylic acids is 1. The Morgan fingerprint density at radius 1 is 1.35 bits per heavy atom. The number of pyridine rings is 1. The standard InChI is InChI=1S/C16H25NO3/c1-6-11(2)17-13(16(3,4)5)9-7-12(15(17)20)8-10-14(18)19/h7,9,11H,6,8,10H2,1-5H3,(H,18,19). The van der Waals surface area contributed by atoms with Gasteiger partial charge in [0.1, 0.15) is 0 Å². The second-order valence-electron chi connectivity index (χ2n) is 6.32. The summed E-state index contributed by atoms with van der Waals surface area (Å²) in [6, 6.07) is 3.86. The van der Waals surface area contributed by atoms with Crippen LogP contribution in [0.15, 0.2) is 16.9 Å². The third-order valence-electron chi connectivity index (χ3n) is 3.60. The highest BCUT2D eigenvalue weighted by molar-refractivity contribution is 5.67. The molecule has 0 aliphatic heterocycles. The molecule has 0 fully saturated rings. The molecule has 4 heteroatoms. The Morgan fingerprint density at radius 2 is 1.95 bits per heavy atom. The van der Waals surface area contributed by atoms with E-state index in [1.54, 1.807) is 6.07 Å². The SMILES string of the molecule is CCC(C)n1c(C(C)(C)C)ccc(CCC(=O)O)c1=O. The summed E-state index contributed by atoms with van der Waals surface area (Å²) in [5.41, 5.74) is 1.41. The molecule has 1 aromatic heterocycles. The van der Waals surface area contributed by atoms with Gasteiger partial charge < -0.3 is 9.67 Å². The molecule has 0 amide bonds. The number of aromatic nitrogens is 1. The van der Waals surface area contributed by atoms with Crippen LogP contribution >= 0.6 is 0 Å². The van der Waals surface area contributed by atoms with Gasteiger partial charge in [-0.05, 0) is 25.8 Å². The Morgan fingerprint density at radius 3 is 2.40 bits per heavy atom. The van der Waals surface area contributed by atoms with Crippen LogP contribution in [0.5, 0.6) is 0 Å². The summed E-state index contributed by atoms with van der Waals surface area (Å²) in [5.74, 6) is -0.876. The lowest BCUT2D eigenvalue weighted by atomic mass is 9.90. The Hall–Kier alpha value is -1.58. The van der Waals surface area contributed by atoms with E-state index in [0.717, 1.165) is 12.1 Å². The van der Waals surface area contributed by atoms with E-state index in [1.807, 2.05) is 24.5 Å². The van der Waals surface area contributed by atoms with Crippen LogP contribution < -0.4 is 5.56 Å². The van der Waals surface area contributed by atoms with E-state index >= 15 is 0 Å². The summed E-state index contributed by atoms with van der Waals surface area (Å²) in [4.78, 5) is 23.3. The minimum absolute atomic E-state index is 0.00932. The maximum absolute atomic E-state index is 12.6. The number of carboxylic acids is 1. The molecule has 0 aliphatic rings. The fourth-order valence-corrected chi connectivity index (χ4v) is 2.26. The van der Waals surface area contributed by atoms with E-state index in [4.69, 9.17) is 5.11 Å². The lowest BCUT2D eigenvalue weighted by molar-refractivity contribution is -0.136. The van der Waals surface area contributed by atoms with Crippen LogP contribution in [0.4, 0.5) is 0 Å². The largest absolute Gasteiger partial charge is 0.481 e. The molecule has 0 bridgehead atoms. The first-order valence-corrected chi connectivity index (χ1v) is 7.15. The molecule has 1 aromatic rings. The van der Waals surface area contributed by atoms with Crippen molar-refractivity contribution < 1.29 is 9.90 Å². The van der Waals surface area contributed by atoms with Crippen molar-refractivity contribution >= 4 is 5.97 Å². The number of hydrogen-bond donors (Lipinski definition) is 1. The summed E-state index contributed by atoms with van der Waals surface area (Å²) in [6.45, 7) is 10.3. The van der Waals surface area contributed by atoms with Crippen molar-refractivity contribution in [1.29, 1.82) is 0 Å². The van der Waals surface area contributed by atoms with Gasteiger partial charge in [0.25, 0.3) is 5.56 Å². The van der Waals surface area contributed by atoms with Gasteiger partial charge in [0, 0.05) is 29.1 Å². The van der Waals surface area contributed by atoms with Gasteiger partial charge in [-0.15, -0.1) is 0 Å². The van der Waals surface area contributed by atoms with Crippen LogP contribution in [0.1, 0.15) is 64.8 Å². The molecule has 112 valence electrons. The number of hydrogen-bond acceptors (Lipinski definition) is 2. The highest BCUT2D eigenvalue weighted by atomic mass is 16.4. The van der Waals surface area contributed by atoms with Gasteiger partial charge in [-0.25, -0.2) is 0 Å². The third kappa shape index (κ3) is 3.71. The Kier molecular flexibility index (Phi) is 5.15. The average molecular weight is 279 g/mol. The molecular formula is C16H25NO3. The second kappa shape index (κ2) is 6.25. The van der Waals surface area contributed by atoms with Crippen molar-refractivity contribution in [1.82, 2.24) is 4.57 Å². The second-order valence-corrected chi connectivity index (χ2v) is 6.32. The number of carbonyl (C=O) groups is 1. The van der Waals surface area contributed by atoms with Gasteiger partial charge in [0.2, 0.25) is 0 Å². The number of nitrogens with zero attached hydrogens (tertiary/aromatic N) is 1. The summed E-state index contributed by atoms with van der Waals surface area (Å²) < 4.78 is 1.83. The van der Waals surface area contributed by atoms with Crippen LogP contribution in [0.3, 0.4) is 0 Å². The van der Waals surface area contributed by atoms with Gasteiger partial charge in [-0.2, -0.15) is 0 Å². The van der Waals surface area contributed by atoms with E-state index in [9.17, 15) is 9.59 Å². The van der Waals surface area contributed by atoms with Crippen LogP contribution in [0.25, 0.3) is 0 Å². The fourth-order valence-electron chi connectivity index (χ4n) is 2.26. The zero-order chi connectivity index (χ0) is 15.5. The van der Waals surface area contributed by atoms with E-state index in [1.165, 1.54) is 0 Å². The van der Waals surface area contributed by atoms with Gasteiger partial charge in [-0.3, -0.25) is 9.59 Å². The molecule has 0 aliphatic carbocycles. The smallest absolute Gasteiger partial charge is 0.303 e. The minimum atomic E-state index is -0.876. The van der Waals surface area contributed by atoms with E-state index < -0.39 is 5.97 Å².